The Balaban J connectivity index is 1.54. The number of hydrogen-bond donors (Lipinski definition) is 1. The topological polar surface area (TPSA) is 77.8 Å². The molecule has 0 saturated heterocycles. The van der Waals surface area contributed by atoms with E-state index in [9.17, 15) is 9.59 Å². The van der Waals surface area contributed by atoms with Crippen LogP contribution in [0.25, 0.3) is 6.08 Å². The second-order valence-corrected chi connectivity index (χ2v) is 7.46. The van der Waals surface area contributed by atoms with Crippen LogP contribution < -0.4 is 0 Å². The van der Waals surface area contributed by atoms with Crippen molar-refractivity contribution < 1.29 is 24.2 Å². The average molecular weight is 434 g/mol. The Kier molecular flexibility index (Phi) is 8.14. The standard InChI is InChI=1S/C26H27NO5/c1-19-7-13-22(14-8-19)25(28)23-6-4-16-27(23)15-3-5-20-9-11-21(12-10-20)17-32-18-24(31-2)26(29)30/h3-14,16,24H,15,17-18H2,1-2H3,(H,29,30)/b5-3+/t24-/m1/s1. The lowest BCUT2D eigenvalue weighted by Gasteiger charge is -2.11. The van der Waals surface area contributed by atoms with Gasteiger partial charge in [-0.2, -0.15) is 0 Å². The highest BCUT2D eigenvalue weighted by molar-refractivity contribution is 6.08. The SMILES string of the molecule is CO[C@H](COCc1ccc(/C=C/Cn2cccc2C(=O)c2ccc(C)cc2)cc1)C(=O)O. The zero-order valence-corrected chi connectivity index (χ0v) is 18.2. The van der Waals surface area contributed by atoms with Gasteiger partial charge in [0.05, 0.1) is 18.9 Å². The summed E-state index contributed by atoms with van der Waals surface area (Å²) in [4.78, 5) is 23.7. The molecule has 0 aliphatic carbocycles. The Morgan fingerprint density at radius 2 is 1.78 bits per heavy atom. The maximum absolute atomic E-state index is 12.8. The second-order valence-electron chi connectivity index (χ2n) is 7.46. The zero-order valence-electron chi connectivity index (χ0n) is 18.2. The molecule has 0 amide bonds. The summed E-state index contributed by atoms with van der Waals surface area (Å²) in [7, 11) is 1.35. The van der Waals surface area contributed by atoms with Gasteiger partial charge in [-0.05, 0) is 30.2 Å². The van der Waals surface area contributed by atoms with Crippen molar-refractivity contribution in [3.63, 3.8) is 0 Å². The largest absolute Gasteiger partial charge is 0.479 e. The van der Waals surface area contributed by atoms with Crippen LogP contribution in [-0.2, 0) is 27.4 Å². The third-order valence-corrected chi connectivity index (χ3v) is 5.07. The van der Waals surface area contributed by atoms with Gasteiger partial charge < -0.3 is 19.1 Å². The van der Waals surface area contributed by atoms with E-state index in [0.29, 0.717) is 24.4 Å². The number of benzene rings is 2. The van der Waals surface area contributed by atoms with Crippen LogP contribution in [-0.4, -0.2) is 41.2 Å². The van der Waals surface area contributed by atoms with Crippen LogP contribution in [0.3, 0.4) is 0 Å². The predicted octanol–water partition coefficient (Wildman–Crippen LogP) is 4.36. The van der Waals surface area contributed by atoms with E-state index in [4.69, 9.17) is 14.6 Å². The maximum atomic E-state index is 12.8. The number of nitrogens with zero attached hydrogens (tertiary/aromatic N) is 1. The Labute approximate surface area is 187 Å². The molecule has 1 atom stereocenters. The first-order chi connectivity index (χ1) is 15.5. The molecule has 166 valence electrons. The van der Waals surface area contributed by atoms with Gasteiger partial charge in [-0.1, -0.05) is 66.2 Å². The van der Waals surface area contributed by atoms with Crippen molar-refractivity contribution >= 4 is 17.8 Å². The van der Waals surface area contributed by atoms with Gasteiger partial charge in [-0.3, -0.25) is 4.79 Å². The third-order valence-electron chi connectivity index (χ3n) is 5.07. The number of carbonyl (C=O) groups is 2. The summed E-state index contributed by atoms with van der Waals surface area (Å²) in [6, 6.07) is 19.1. The lowest BCUT2D eigenvalue weighted by Crippen LogP contribution is -2.27. The molecule has 0 unspecified atom stereocenters. The number of carboxylic acids is 1. The number of methoxy groups -OCH3 is 1. The number of rotatable bonds is 11. The fourth-order valence-corrected chi connectivity index (χ4v) is 3.18. The van der Waals surface area contributed by atoms with Crippen molar-refractivity contribution in [3.8, 4) is 0 Å². The zero-order chi connectivity index (χ0) is 22.9. The summed E-state index contributed by atoms with van der Waals surface area (Å²) < 4.78 is 12.2. The predicted molar refractivity (Wildman–Crippen MR) is 123 cm³/mol. The number of carbonyl (C=O) groups excluding carboxylic acids is 1. The molecule has 0 radical (unpaired) electrons. The molecule has 0 spiro atoms. The molecule has 3 rings (SSSR count). The summed E-state index contributed by atoms with van der Waals surface area (Å²) in [6.45, 7) is 2.88. The fraction of sp³-hybridized carbons (Fsp3) is 0.231. The highest BCUT2D eigenvalue weighted by atomic mass is 16.5. The van der Waals surface area contributed by atoms with Gasteiger partial charge in [0, 0.05) is 25.4 Å². The first-order valence-corrected chi connectivity index (χ1v) is 10.3. The van der Waals surface area contributed by atoms with Crippen LogP contribution in [0.5, 0.6) is 0 Å². The summed E-state index contributed by atoms with van der Waals surface area (Å²) >= 11 is 0. The minimum atomic E-state index is -1.04. The fourth-order valence-electron chi connectivity index (χ4n) is 3.18. The van der Waals surface area contributed by atoms with Crippen molar-refractivity contribution in [2.75, 3.05) is 13.7 Å². The molecule has 1 aromatic heterocycles. The van der Waals surface area contributed by atoms with Crippen LogP contribution in [0, 0.1) is 6.92 Å². The minimum absolute atomic E-state index is 0.00589. The van der Waals surface area contributed by atoms with Gasteiger partial charge in [0.15, 0.2) is 6.10 Å². The number of ether oxygens (including phenoxy) is 2. The Morgan fingerprint density at radius 3 is 2.44 bits per heavy atom. The van der Waals surface area contributed by atoms with Crippen molar-refractivity contribution in [2.45, 2.75) is 26.2 Å². The van der Waals surface area contributed by atoms with Crippen molar-refractivity contribution in [1.29, 1.82) is 0 Å². The summed E-state index contributed by atoms with van der Waals surface area (Å²) in [5.74, 6) is -1.04. The molecule has 0 aliphatic heterocycles. The molecule has 3 aromatic rings. The van der Waals surface area contributed by atoms with Gasteiger partial charge in [-0.25, -0.2) is 4.79 Å². The third kappa shape index (κ3) is 6.26. The quantitative estimate of drug-likeness (QED) is 0.455. The molecule has 1 N–H and O–H groups in total. The van der Waals surface area contributed by atoms with Crippen LogP contribution in [0.4, 0.5) is 0 Å². The number of carboxylic acid groups (broad SMARTS) is 1. The van der Waals surface area contributed by atoms with Crippen LogP contribution in [0.2, 0.25) is 0 Å². The molecule has 0 saturated carbocycles. The molecular formula is C26H27NO5. The number of ketones is 1. The van der Waals surface area contributed by atoms with Gasteiger partial charge in [-0.15, -0.1) is 0 Å². The van der Waals surface area contributed by atoms with E-state index in [2.05, 4.69) is 0 Å². The lowest BCUT2D eigenvalue weighted by atomic mass is 10.1. The van der Waals surface area contributed by atoms with Gasteiger partial charge in [0.2, 0.25) is 5.78 Å². The molecule has 32 heavy (non-hydrogen) atoms. The number of hydrogen-bond acceptors (Lipinski definition) is 4. The Bertz CT molecular complexity index is 1060. The van der Waals surface area contributed by atoms with E-state index in [1.54, 1.807) is 0 Å². The second kappa shape index (κ2) is 11.2. The minimum Gasteiger partial charge on any atom is -0.479 e. The smallest absolute Gasteiger partial charge is 0.335 e. The van der Waals surface area contributed by atoms with Gasteiger partial charge >= 0.3 is 5.97 Å². The molecule has 6 nitrogen and oxygen atoms in total. The van der Waals surface area contributed by atoms with E-state index >= 15 is 0 Å². The van der Waals surface area contributed by atoms with E-state index in [-0.39, 0.29) is 12.4 Å². The van der Waals surface area contributed by atoms with E-state index in [1.807, 2.05) is 90.5 Å². The Hall–Kier alpha value is -3.48. The van der Waals surface area contributed by atoms with E-state index in [1.165, 1.54) is 7.11 Å². The van der Waals surface area contributed by atoms with Crippen LogP contribution in [0.1, 0.15) is 32.7 Å². The van der Waals surface area contributed by atoms with Crippen molar-refractivity contribution in [1.82, 2.24) is 4.57 Å². The van der Waals surface area contributed by atoms with E-state index < -0.39 is 12.1 Å². The summed E-state index contributed by atoms with van der Waals surface area (Å²) in [5.41, 5.74) is 4.42. The van der Waals surface area contributed by atoms with Gasteiger partial charge in [0.1, 0.15) is 0 Å². The maximum Gasteiger partial charge on any atom is 0.335 e. The molecule has 6 heteroatoms. The monoisotopic (exact) mass is 433 g/mol. The number of aryl methyl sites for hydroxylation is 1. The van der Waals surface area contributed by atoms with Crippen LogP contribution >= 0.6 is 0 Å². The normalized spacial score (nSPS) is 12.2. The first-order valence-electron chi connectivity index (χ1n) is 10.3. The molecular weight excluding hydrogens is 406 g/mol. The number of aliphatic carboxylic acids is 1. The summed E-state index contributed by atoms with van der Waals surface area (Å²) in [6.07, 6.45) is 4.94. The first kappa shape index (κ1) is 23.2. The lowest BCUT2D eigenvalue weighted by molar-refractivity contribution is -0.152. The number of aromatic nitrogens is 1. The average Bonchev–Trinajstić information content (AvgIpc) is 3.26. The highest BCUT2D eigenvalue weighted by Crippen LogP contribution is 2.13. The van der Waals surface area contributed by atoms with Crippen molar-refractivity contribution in [3.05, 3.63) is 101 Å². The van der Waals surface area contributed by atoms with Crippen LogP contribution in [0.15, 0.2) is 72.9 Å². The Morgan fingerprint density at radius 1 is 1.06 bits per heavy atom. The molecule has 2 aromatic carbocycles. The molecule has 0 aliphatic rings. The van der Waals surface area contributed by atoms with Gasteiger partial charge in [0.25, 0.3) is 0 Å². The number of allylic oxidation sites excluding steroid dienone is 1. The summed E-state index contributed by atoms with van der Waals surface area (Å²) in [5, 5.41) is 8.94. The van der Waals surface area contributed by atoms with Crippen molar-refractivity contribution in [2.24, 2.45) is 0 Å². The molecule has 0 fully saturated rings. The molecule has 1 heterocycles. The van der Waals surface area contributed by atoms with E-state index in [0.717, 1.165) is 16.7 Å². The molecule has 0 bridgehead atoms. The highest BCUT2D eigenvalue weighted by Gasteiger charge is 2.16.